The molecule has 0 radical (unpaired) electrons. The first-order valence-electron chi connectivity index (χ1n) is 6.84. The first kappa shape index (κ1) is 13.8. The number of hydrogen-bond acceptors (Lipinski definition) is 2. The summed E-state index contributed by atoms with van der Waals surface area (Å²) < 4.78 is 0. The van der Waals surface area contributed by atoms with E-state index < -0.39 is 5.97 Å². The number of carbonyl (C=O) groups is 1. The molecule has 0 aliphatic rings. The highest BCUT2D eigenvalue weighted by Gasteiger charge is 2.07. The average molecular weight is 290 g/mol. The molecule has 2 N–H and O–H groups in total. The van der Waals surface area contributed by atoms with E-state index in [0.29, 0.717) is 5.56 Å². The summed E-state index contributed by atoms with van der Waals surface area (Å²) in [4.78, 5) is 17.8. The topological polar surface area (TPSA) is 66.0 Å². The van der Waals surface area contributed by atoms with Gasteiger partial charge in [-0.05, 0) is 30.3 Å². The van der Waals surface area contributed by atoms with Crippen LogP contribution in [-0.4, -0.2) is 21.0 Å². The molecule has 0 amide bonds. The van der Waals surface area contributed by atoms with Gasteiger partial charge >= 0.3 is 5.97 Å². The average Bonchev–Trinajstić information content (AvgIpc) is 2.94. The highest BCUT2D eigenvalue weighted by molar-refractivity contribution is 6.08. The Kier molecular flexibility index (Phi) is 3.83. The van der Waals surface area contributed by atoms with Crippen LogP contribution >= 0.6 is 0 Å². The molecule has 22 heavy (non-hydrogen) atoms. The normalized spacial score (nSPS) is 10.2. The smallest absolute Gasteiger partial charge is 0.335 e. The molecule has 0 fully saturated rings. The number of carboxylic acid groups (broad SMARTS) is 1. The van der Waals surface area contributed by atoms with Crippen LogP contribution < -0.4 is 0 Å². The summed E-state index contributed by atoms with van der Waals surface area (Å²) in [6.45, 7) is 0. The third-order valence-electron chi connectivity index (χ3n) is 3.32. The number of hydrogen-bond donors (Lipinski definition) is 2. The Labute approximate surface area is 127 Å². The van der Waals surface area contributed by atoms with E-state index in [9.17, 15) is 4.79 Å². The van der Waals surface area contributed by atoms with Crippen molar-refractivity contribution in [2.24, 2.45) is 0 Å². The molecule has 0 aliphatic carbocycles. The van der Waals surface area contributed by atoms with Crippen molar-refractivity contribution in [3.8, 4) is 0 Å². The van der Waals surface area contributed by atoms with Crippen molar-refractivity contribution >= 4 is 27.8 Å². The first-order chi connectivity index (χ1) is 10.8. The van der Waals surface area contributed by atoms with Gasteiger partial charge in [-0.15, -0.1) is 0 Å². The van der Waals surface area contributed by atoms with E-state index in [0.717, 1.165) is 21.8 Å². The molecular weight excluding hydrogens is 276 g/mol. The van der Waals surface area contributed by atoms with Crippen LogP contribution in [0.2, 0.25) is 0 Å². The predicted octanol–water partition coefficient (Wildman–Crippen LogP) is 4.10. The highest BCUT2D eigenvalue weighted by Crippen LogP contribution is 2.25. The van der Waals surface area contributed by atoms with E-state index in [1.807, 2.05) is 48.5 Å². The summed E-state index contributed by atoms with van der Waals surface area (Å²) in [5.41, 5.74) is 2.19. The number of nitrogens with one attached hydrogen (secondary N) is 1. The quantitative estimate of drug-likeness (QED) is 0.554. The molecule has 0 bridgehead atoms. The molecule has 0 spiro atoms. The second-order valence-corrected chi connectivity index (χ2v) is 4.76. The van der Waals surface area contributed by atoms with Gasteiger partial charge in [0, 0.05) is 34.2 Å². The van der Waals surface area contributed by atoms with Crippen molar-refractivity contribution in [2.45, 2.75) is 0 Å². The van der Waals surface area contributed by atoms with E-state index in [-0.39, 0.29) is 0 Å². The van der Waals surface area contributed by atoms with Gasteiger partial charge < -0.3 is 10.1 Å². The van der Waals surface area contributed by atoms with Gasteiger partial charge in [0.15, 0.2) is 0 Å². The van der Waals surface area contributed by atoms with Crippen LogP contribution in [0.3, 0.4) is 0 Å². The maximum absolute atomic E-state index is 10.8. The number of aromatic nitrogens is 2. The number of carboxylic acids is 1. The standard InChI is InChI=1S/C13H9NO2.C5H5N/c15-13(16)8-5-6-10-9-3-1-2-4-11(9)14-12(10)7-8;1-2-4-6-5-3-1/h1-7,14H,(H,15,16);1-5H. The van der Waals surface area contributed by atoms with Gasteiger partial charge in [-0.3, -0.25) is 4.98 Å². The number of benzene rings is 2. The largest absolute Gasteiger partial charge is 0.478 e. The summed E-state index contributed by atoms with van der Waals surface area (Å²) in [6, 6.07) is 18.8. The number of aromatic amines is 1. The lowest BCUT2D eigenvalue weighted by atomic mass is 10.1. The zero-order valence-electron chi connectivity index (χ0n) is 11.7. The minimum absolute atomic E-state index is 0.305. The highest BCUT2D eigenvalue weighted by atomic mass is 16.4. The molecule has 0 saturated carbocycles. The fourth-order valence-corrected chi connectivity index (χ4v) is 2.30. The zero-order valence-corrected chi connectivity index (χ0v) is 11.7. The van der Waals surface area contributed by atoms with E-state index in [1.165, 1.54) is 0 Å². The van der Waals surface area contributed by atoms with Crippen LogP contribution in [0.15, 0.2) is 73.1 Å². The summed E-state index contributed by atoms with van der Waals surface area (Å²) >= 11 is 0. The molecule has 0 atom stereocenters. The van der Waals surface area contributed by atoms with Gasteiger partial charge in [0.1, 0.15) is 0 Å². The van der Waals surface area contributed by atoms with E-state index in [1.54, 1.807) is 24.5 Å². The van der Waals surface area contributed by atoms with Crippen molar-refractivity contribution in [3.63, 3.8) is 0 Å². The molecule has 4 heteroatoms. The molecule has 0 saturated heterocycles. The second-order valence-electron chi connectivity index (χ2n) is 4.76. The molecule has 0 unspecified atom stereocenters. The zero-order chi connectivity index (χ0) is 15.4. The van der Waals surface area contributed by atoms with Crippen LogP contribution in [0.1, 0.15) is 10.4 Å². The molecule has 2 aromatic carbocycles. The number of para-hydroxylation sites is 1. The SMILES string of the molecule is O=C(O)c1ccc2c(c1)[nH]c1ccccc12.c1ccncc1. The van der Waals surface area contributed by atoms with E-state index in [2.05, 4.69) is 9.97 Å². The van der Waals surface area contributed by atoms with Crippen LogP contribution in [0.5, 0.6) is 0 Å². The molecule has 108 valence electrons. The van der Waals surface area contributed by atoms with Gasteiger partial charge in [-0.1, -0.05) is 30.3 Å². The fraction of sp³-hybridized carbons (Fsp3) is 0. The summed E-state index contributed by atoms with van der Waals surface area (Å²) in [7, 11) is 0. The van der Waals surface area contributed by atoms with Gasteiger partial charge in [0.05, 0.1) is 5.56 Å². The lowest BCUT2D eigenvalue weighted by molar-refractivity contribution is 0.0697. The molecule has 0 aliphatic heterocycles. The Morgan fingerprint density at radius 1 is 0.864 bits per heavy atom. The third kappa shape index (κ3) is 2.81. The number of pyridine rings is 1. The Balaban J connectivity index is 0.000000202. The van der Waals surface area contributed by atoms with Crippen molar-refractivity contribution in [3.05, 3.63) is 78.6 Å². The Morgan fingerprint density at radius 2 is 1.59 bits per heavy atom. The van der Waals surface area contributed by atoms with Crippen molar-refractivity contribution in [1.82, 2.24) is 9.97 Å². The van der Waals surface area contributed by atoms with Crippen LogP contribution in [-0.2, 0) is 0 Å². The minimum atomic E-state index is -0.902. The van der Waals surface area contributed by atoms with E-state index in [4.69, 9.17) is 5.11 Å². The monoisotopic (exact) mass is 290 g/mol. The third-order valence-corrected chi connectivity index (χ3v) is 3.32. The van der Waals surface area contributed by atoms with Gasteiger partial charge in [0.2, 0.25) is 0 Å². The molecule has 2 heterocycles. The molecule has 2 aromatic heterocycles. The minimum Gasteiger partial charge on any atom is -0.478 e. The van der Waals surface area contributed by atoms with Gasteiger partial charge in [0.25, 0.3) is 0 Å². The Bertz CT molecular complexity index is 887. The van der Waals surface area contributed by atoms with E-state index >= 15 is 0 Å². The van der Waals surface area contributed by atoms with Gasteiger partial charge in [-0.25, -0.2) is 4.79 Å². The van der Waals surface area contributed by atoms with Crippen molar-refractivity contribution in [2.75, 3.05) is 0 Å². The second kappa shape index (κ2) is 6.10. The van der Waals surface area contributed by atoms with Crippen molar-refractivity contribution < 1.29 is 9.90 Å². The van der Waals surface area contributed by atoms with Gasteiger partial charge in [-0.2, -0.15) is 0 Å². The lowest BCUT2D eigenvalue weighted by Crippen LogP contribution is -1.94. The number of rotatable bonds is 1. The van der Waals surface area contributed by atoms with Crippen LogP contribution in [0.4, 0.5) is 0 Å². The number of nitrogens with zero attached hydrogens (tertiary/aromatic N) is 1. The Morgan fingerprint density at radius 3 is 2.23 bits per heavy atom. The number of aromatic carboxylic acids is 1. The first-order valence-corrected chi connectivity index (χ1v) is 6.84. The maximum atomic E-state index is 10.8. The van der Waals surface area contributed by atoms with Crippen LogP contribution in [0.25, 0.3) is 21.8 Å². The van der Waals surface area contributed by atoms with Crippen molar-refractivity contribution in [1.29, 1.82) is 0 Å². The molecule has 4 rings (SSSR count). The Hall–Kier alpha value is -3.14. The number of fused-ring (bicyclic) bond motifs is 3. The molecular formula is C18H14N2O2. The lowest BCUT2D eigenvalue weighted by Gasteiger charge is -1.94. The molecule has 4 nitrogen and oxygen atoms in total. The summed E-state index contributed by atoms with van der Waals surface area (Å²) in [5.74, 6) is -0.902. The summed E-state index contributed by atoms with van der Waals surface area (Å²) in [5, 5.41) is 11.1. The maximum Gasteiger partial charge on any atom is 0.335 e. The predicted molar refractivity (Wildman–Crippen MR) is 87.0 cm³/mol. The fourth-order valence-electron chi connectivity index (χ4n) is 2.30. The van der Waals surface area contributed by atoms with Crippen LogP contribution in [0, 0.1) is 0 Å². The summed E-state index contributed by atoms with van der Waals surface area (Å²) in [6.07, 6.45) is 3.50. The number of H-pyrrole nitrogens is 1. The molecule has 4 aromatic rings.